The molecule has 0 aliphatic carbocycles. The van der Waals surface area contributed by atoms with Crippen molar-refractivity contribution < 1.29 is 5.11 Å². The molecular weight excluding hydrogens is 407 g/mol. The van der Waals surface area contributed by atoms with E-state index in [1.165, 1.54) is 47.7 Å². The Kier molecular flexibility index (Phi) is 13.8. The molecular formula is C22H31IO. The fourth-order valence-corrected chi connectivity index (χ4v) is 3.05. The summed E-state index contributed by atoms with van der Waals surface area (Å²) in [5, 5.41) is 8.56. The van der Waals surface area contributed by atoms with Crippen LogP contribution < -0.4 is 0 Å². The van der Waals surface area contributed by atoms with E-state index in [2.05, 4.69) is 77.2 Å². The summed E-state index contributed by atoms with van der Waals surface area (Å²) in [6.07, 6.45) is 9.72. The average molecular weight is 438 g/mol. The molecule has 0 atom stereocenters. The van der Waals surface area contributed by atoms with Crippen LogP contribution in [0.4, 0.5) is 0 Å². The lowest BCUT2D eigenvalue weighted by molar-refractivity contribution is 0.283. The molecule has 1 nitrogen and oxygen atoms in total. The molecule has 0 aromatic heterocycles. The van der Waals surface area contributed by atoms with Crippen molar-refractivity contribution in [1.29, 1.82) is 0 Å². The van der Waals surface area contributed by atoms with Crippen LogP contribution >= 0.6 is 22.6 Å². The maximum Gasteiger partial charge on any atom is 0.0431 e. The van der Waals surface area contributed by atoms with Gasteiger partial charge in [0.15, 0.2) is 0 Å². The second-order valence-electron chi connectivity index (χ2n) is 6.01. The quantitative estimate of drug-likeness (QED) is 0.265. The van der Waals surface area contributed by atoms with Gasteiger partial charge in [-0.15, -0.1) is 0 Å². The molecule has 0 fully saturated rings. The van der Waals surface area contributed by atoms with Gasteiger partial charge in [-0.2, -0.15) is 0 Å². The van der Waals surface area contributed by atoms with Gasteiger partial charge in [0.25, 0.3) is 0 Å². The molecule has 2 aromatic carbocycles. The molecule has 0 spiro atoms. The molecule has 0 radical (unpaired) electrons. The van der Waals surface area contributed by atoms with Gasteiger partial charge in [-0.1, -0.05) is 96.1 Å². The van der Waals surface area contributed by atoms with Crippen molar-refractivity contribution in [3.8, 4) is 0 Å². The molecule has 0 aliphatic rings. The Morgan fingerprint density at radius 2 is 1.04 bits per heavy atom. The third-order valence-electron chi connectivity index (χ3n) is 3.91. The van der Waals surface area contributed by atoms with Crippen LogP contribution in [0.15, 0.2) is 60.7 Å². The molecule has 24 heavy (non-hydrogen) atoms. The van der Waals surface area contributed by atoms with Gasteiger partial charge < -0.3 is 5.11 Å². The Labute approximate surface area is 161 Å². The Hall–Kier alpha value is -0.870. The smallest absolute Gasteiger partial charge is 0.0431 e. The maximum absolute atomic E-state index is 8.56. The van der Waals surface area contributed by atoms with Gasteiger partial charge in [0.2, 0.25) is 0 Å². The van der Waals surface area contributed by atoms with Crippen molar-refractivity contribution in [1.82, 2.24) is 0 Å². The van der Waals surface area contributed by atoms with Crippen LogP contribution in [-0.2, 0) is 12.8 Å². The largest absolute Gasteiger partial charge is 0.396 e. The molecule has 0 bridgehead atoms. The maximum atomic E-state index is 8.56. The van der Waals surface area contributed by atoms with Gasteiger partial charge in [0, 0.05) is 6.61 Å². The van der Waals surface area contributed by atoms with E-state index < -0.39 is 0 Å². The van der Waals surface area contributed by atoms with Crippen molar-refractivity contribution in [2.24, 2.45) is 0 Å². The van der Waals surface area contributed by atoms with E-state index in [4.69, 9.17) is 5.11 Å². The van der Waals surface area contributed by atoms with E-state index in [1.807, 2.05) is 6.07 Å². The van der Waals surface area contributed by atoms with E-state index >= 15 is 0 Å². The summed E-state index contributed by atoms with van der Waals surface area (Å²) < 4.78 is 1.30. The standard InChI is InChI=1S/C11H15I.C11H16O/c2*12-10-6-2-5-9-11-7-3-1-4-8-11/h1,3-4,7-8H,2,5-6,9-10H2;1,3-4,7-8,12H,2,5-6,9-10H2. The highest BCUT2D eigenvalue weighted by Crippen LogP contribution is 2.07. The number of unbranched alkanes of at least 4 members (excludes halogenated alkanes) is 4. The number of hydrogen-bond acceptors (Lipinski definition) is 1. The average Bonchev–Trinajstić information content (AvgIpc) is 2.65. The summed E-state index contributed by atoms with van der Waals surface area (Å²) in [5.74, 6) is 0. The lowest BCUT2D eigenvalue weighted by atomic mass is 10.1. The molecule has 2 heteroatoms. The highest BCUT2D eigenvalue weighted by Gasteiger charge is 1.91. The number of benzene rings is 2. The minimum atomic E-state index is 0.328. The Morgan fingerprint density at radius 3 is 1.46 bits per heavy atom. The highest BCUT2D eigenvalue weighted by molar-refractivity contribution is 14.1. The number of hydrogen-bond donors (Lipinski definition) is 1. The number of rotatable bonds is 10. The molecule has 132 valence electrons. The fourth-order valence-electron chi connectivity index (χ4n) is 2.51. The van der Waals surface area contributed by atoms with Crippen LogP contribution in [-0.4, -0.2) is 16.1 Å². The van der Waals surface area contributed by atoms with Crippen molar-refractivity contribution in [3.63, 3.8) is 0 Å². The molecule has 0 aliphatic heterocycles. The van der Waals surface area contributed by atoms with Crippen LogP contribution in [0.1, 0.15) is 49.7 Å². The van der Waals surface area contributed by atoms with E-state index in [-0.39, 0.29) is 0 Å². The van der Waals surface area contributed by atoms with Crippen LogP contribution in [0, 0.1) is 0 Å². The number of alkyl halides is 1. The second-order valence-corrected chi connectivity index (χ2v) is 7.08. The van der Waals surface area contributed by atoms with Gasteiger partial charge in [-0.3, -0.25) is 0 Å². The summed E-state index contributed by atoms with van der Waals surface area (Å²) in [6.45, 7) is 0.328. The summed E-state index contributed by atoms with van der Waals surface area (Å²) >= 11 is 2.44. The summed E-state index contributed by atoms with van der Waals surface area (Å²) in [7, 11) is 0. The van der Waals surface area contributed by atoms with Crippen LogP contribution in [0.25, 0.3) is 0 Å². The summed E-state index contributed by atoms with van der Waals surface area (Å²) in [5.41, 5.74) is 2.88. The van der Waals surface area contributed by atoms with Crippen LogP contribution in [0.2, 0.25) is 0 Å². The normalized spacial score (nSPS) is 10.1. The Morgan fingerprint density at radius 1 is 0.583 bits per heavy atom. The van der Waals surface area contributed by atoms with Crippen LogP contribution in [0.3, 0.4) is 0 Å². The zero-order valence-corrected chi connectivity index (χ0v) is 16.8. The molecule has 0 saturated carbocycles. The van der Waals surface area contributed by atoms with Crippen molar-refractivity contribution in [3.05, 3.63) is 71.8 Å². The molecule has 0 unspecified atom stereocenters. The van der Waals surface area contributed by atoms with E-state index in [1.54, 1.807) is 0 Å². The minimum Gasteiger partial charge on any atom is -0.396 e. The number of aryl methyl sites for hydroxylation is 2. The zero-order chi connectivity index (χ0) is 17.3. The van der Waals surface area contributed by atoms with Gasteiger partial charge >= 0.3 is 0 Å². The first-order valence-electron chi connectivity index (χ1n) is 9.11. The van der Waals surface area contributed by atoms with E-state index in [9.17, 15) is 0 Å². The first-order valence-corrected chi connectivity index (χ1v) is 10.6. The van der Waals surface area contributed by atoms with Gasteiger partial charge in [0.05, 0.1) is 0 Å². The highest BCUT2D eigenvalue weighted by atomic mass is 127. The molecule has 0 heterocycles. The fraction of sp³-hybridized carbons (Fsp3) is 0.455. The van der Waals surface area contributed by atoms with Crippen molar-refractivity contribution in [2.45, 2.75) is 51.4 Å². The van der Waals surface area contributed by atoms with Gasteiger partial charge in [0.1, 0.15) is 0 Å². The third kappa shape index (κ3) is 11.6. The second kappa shape index (κ2) is 15.6. The van der Waals surface area contributed by atoms with E-state index in [0.717, 1.165) is 19.3 Å². The molecule has 1 N–H and O–H groups in total. The zero-order valence-electron chi connectivity index (χ0n) is 14.7. The minimum absolute atomic E-state index is 0.328. The predicted octanol–water partition coefficient (Wildman–Crippen LogP) is 6.23. The molecule has 0 amide bonds. The molecule has 2 aromatic rings. The third-order valence-corrected chi connectivity index (χ3v) is 4.67. The van der Waals surface area contributed by atoms with Gasteiger partial charge in [-0.25, -0.2) is 0 Å². The Balaban J connectivity index is 0.000000240. The van der Waals surface area contributed by atoms with Crippen LogP contribution in [0.5, 0.6) is 0 Å². The first-order chi connectivity index (χ1) is 11.9. The van der Waals surface area contributed by atoms with Gasteiger partial charge in [-0.05, 0) is 54.1 Å². The lowest BCUT2D eigenvalue weighted by Crippen LogP contribution is -1.87. The Bertz CT molecular complexity index is 436. The van der Waals surface area contributed by atoms with Crippen molar-refractivity contribution in [2.75, 3.05) is 11.0 Å². The van der Waals surface area contributed by atoms with Crippen molar-refractivity contribution >= 4 is 22.6 Å². The number of halogens is 1. The first kappa shape index (κ1) is 21.2. The monoisotopic (exact) mass is 438 g/mol. The summed E-state index contributed by atoms with van der Waals surface area (Å²) in [4.78, 5) is 0. The SMILES string of the molecule is ICCCCCc1ccccc1.OCCCCCc1ccccc1. The number of aliphatic hydroxyl groups is 1. The molecule has 0 saturated heterocycles. The topological polar surface area (TPSA) is 20.2 Å². The number of aliphatic hydroxyl groups excluding tert-OH is 1. The predicted molar refractivity (Wildman–Crippen MR) is 114 cm³/mol. The molecule has 2 rings (SSSR count). The lowest BCUT2D eigenvalue weighted by Gasteiger charge is -1.99. The summed E-state index contributed by atoms with van der Waals surface area (Å²) in [6, 6.07) is 21.2. The van der Waals surface area contributed by atoms with E-state index in [0.29, 0.717) is 6.61 Å².